The van der Waals surface area contributed by atoms with Gasteiger partial charge in [-0.05, 0) is 51.0 Å². The quantitative estimate of drug-likeness (QED) is 0.480. The molecule has 140 valence electrons. The molecule has 0 amide bonds. The van der Waals surface area contributed by atoms with Crippen molar-refractivity contribution in [2.75, 3.05) is 10.6 Å². The Kier molecular flexibility index (Phi) is 4.65. The first-order chi connectivity index (χ1) is 13.5. The fraction of sp³-hybridized carbons (Fsp3) is 0.174. The molecule has 28 heavy (non-hydrogen) atoms. The molecule has 0 bridgehead atoms. The van der Waals surface area contributed by atoms with Crippen LogP contribution in [0.5, 0.6) is 0 Å². The number of hydrogen-bond acceptors (Lipinski definition) is 5. The SMILES string of the molecule is Cc1cc(C)c(Nc2cc(C)nc(Nc3cccc4cccnc34)n2)c(C)c1. The molecule has 0 unspecified atom stereocenters. The summed E-state index contributed by atoms with van der Waals surface area (Å²) >= 11 is 0. The monoisotopic (exact) mass is 369 g/mol. The molecule has 0 saturated carbocycles. The summed E-state index contributed by atoms with van der Waals surface area (Å²) in [6.07, 6.45) is 1.79. The average Bonchev–Trinajstić information content (AvgIpc) is 2.64. The van der Waals surface area contributed by atoms with Crippen LogP contribution in [0.4, 0.5) is 23.1 Å². The lowest BCUT2D eigenvalue weighted by molar-refractivity contribution is 1.10. The lowest BCUT2D eigenvalue weighted by atomic mass is 10.1. The highest BCUT2D eigenvalue weighted by Gasteiger charge is 2.09. The minimum atomic E-state index is 0.545. The predicted molar refractivity (Wildman–Crippen MR) is 116 cm³/mol. The first kappa shape index (κ1) is 17.9. The van der Waals surface area contributed by atoms with Gasteiger partial charge in [0.15, 0.2) is 0 Å². The van der Waals surface area contributed by atoms with Gasteiger partial charge in [-0.2, -0.15) is 4.98 Å². The molecular weight excluding hydrogens is 346 g/mol. The number of rotatable bonds is 4. The first-order valence-electron chi connectivity index (χ1n) is 9.31. The van der Waals surface area contributed by atoms with Gasteiger partial charge in [0.25, 0.3) is 0 Å². The number of benzene rings is 2. The number of aryl methyl sites for hydroxylation is 4. The van der Waals surface area contributed by atoms with Crippen molar-refractivity contribution in [2.24, 2.45) is 0 Å². The maximum Gasteiger partial charge on any atom is 0.229 e. The number of hydrogen-bond donors (Lipinski definition) is 2. The third-order valence-electron chi connectivity index (χ3n) is 4.66. The maximum atomic E-state index is 4.67. The molecule has 2 N–H and O–H groups in total. The second-order valence-electron chi connectivity index (χ2n) is 7.12. The van der Waals surface area contributed by atoms with Gasteiger partial charge in [-0.25, -0.2) is 4.98 Å². The smallest absolute Gasteiger partial charge is 0.229 e. The van der Waals surface area contributed by atoms with Crippen LogP contribution in [0.3, 0.4) is 0 Å². The van der Waals surface area contributed by atoms with Crippen LogP contribution in [0.2, 0.25) is 0 Å². The van der Waals surface area contributed by atoms with Gasteiger partial charge >= 0.3 is 0 Å². The molecule has 0 aliphatic heterocycles. The van der Waals surface area contributed by atoms with Crippen molar-refractivity contribution in [1.82, 2.24) is 15.0 Å². The van der Waals surface area contributed by atoms with E-state index in [1.165, 1.54) is 16.7 Å². The zero-order chi connectivity index (χ0) is 19.7. The Morgan fingerprint density at radius 3 is 2.32 bits per heavy atom. The number of nitrogens with one attached hydrogen (secondary N) is 2. The zero-order valence-corrected chi connectivity index (χ0v) is 16.5. The largest absolute Gasteiger partial charge is 0.340 e. The van der Waals surface area contributed by atoms with Gasteiger partial charge in [-0.1, -0.05) is 35.9 Å². The fourth-order valence-electron chi connectivity index (χ4n) is 3.52. The Balaban J connectivity index is 1.68. The molecule has 0 spiro atoms. The minimum absolute atomic E-state index is 0.545. The van der Waals surface area contributed by atoms with Crippen molar-refractivity contribution in [2.45, 2.75) is 27.7 Å². The standard InChI is InChI=1S/C23H23N5/c1-14-11-15(2)21(16(3)12-14)27-20-13-17(4)25-23(28-20)26-19-9-5-7-18-8-6-10-24-22(18)19/h5-13H,1-4H3,(H2,25,26,27,28). The van der Waals surface area contributed by atoms with Crippen LogP contribution in [0.1, 0.15) is 22.4 Å². The van der Waals surface area contributed by atoms with Gasteiger partial charge < -0.3 is 10.6 Å². The second kappa shape index (κ2) is 7.27. The van der Waals surface area contributed by atoms with Crippen molar-refractivity contribution in [3.63, 3.8) is 0 Å². The van der Waals surface area contributed by atoms with E-state index < -0.39 is 0 Å². The lowest BCUT2D eigenvalue weighted by Gasteiger charge is -2.15. The van der Waals surface area contributed by atoms with Crippen molar-refractivity contribution >= 4 is 34.0 Å². The molecule has 2 heterocycles. The third-order valence-corrected chi connectivity index (χ3v) is 4.66. The molecular formula is C23H23N5. The van der Waals surface area contributed by atoms with E-state index in [4.69, 9.17) is 0 Å². The van der Waals surface area contributed by atoms with E-state index in [2.05, 4.69) is 58.5 Å². The van der Waals surface area contributed by atoms with Crippen LogP contribution in [-0.4, -0.2) is 15.0 Å². The van der Waals surface area contributed by atoms with Crippen molar-refractivity contribution in [3.8, 4) is 0 Å². The summed E-state index contributed by atoms with van der Waals surface area (Å²) in [5.74, 6) is 1.31. The number of nitrogens with zero attached hydrogens (tertiary/aromatic N) is 3. The summed E-state index contributed by atoms with van der Waals surface area (Å²) in [7, 11) is 0. The third kappa shape index (κ3) is 3.64. The number of anilines is 4. The number of para-hydroxylation sites is 1. The van der Waals surface area contributed by atoms with Crippen LogP contribution < -0.4 is 10.6 Å². The van der Waals surface area contributed by atoms with Gasteiger partial charge in [-0.15, -0.1) is 0 Å². The van der Waals surface area contributed by atoms with E-state index >= 15 is 0 Å². The van der Waals surface area contributed by atoms with Gasteiger partial charge in [0.05, 0.1) is 11.2 Å². The van der Waals surface area contributed by atoms with E-state index in [0.717, 1.165) is 33.8 Å². The molecule has 4 rings (SSSR count). The highest BCUT2D eigenvalue weighted by atomic mass is 15.1. The Morgan fingerprint density at radius 1 is 0.786 bits per heavy atom. The summed E-state index contributed by atoms with van der Waals surface area (Å²) in [5, 5.41) is 7.87. The van der Waals surface area contributed by atoms with Crippen LogP contribution in [0.15, 0.2) is 54.7 Å². The molecule has 2 aromatic carbocycles. The Labute approximate surface area is 164 Å². The summed E-state index contributed by atoms with van der Waals surface area (Å²) in [6.45, 7) is 8.29. The molecule has 2 aromatic heterocycles. The topological polar surface area (TPSA) is 62.7 Å². The summed E-state index contributed by atoms with van der Waals surface area (Å²) < 4.78 is 0. The molecule has 4 aromatic rings. The highest BCUT2D eigenvalue weighted by Crippen LogP contribution is 2.27. The van der Waals surface area contributed by atoms with E-state index in [1.54, 1.807) is 6.20 Å². The van der Waals surface area contributed by atoms with Gasteiger partial charge in [0.1, 0.15) is 5.82 Å². The van der Waals surface area contributed by atoms with E-state index in [-0.39, 0.29) is 0 Å². The maximum absolute atomic E-state index is 4.67. The Hall–Kier alpha value is -3.47. The average molecular weight is 369 g/mol. The molecule has 0 saturated heterocycles. The second-order valence-corrected chi connectivity index (χ2v) is 7.12. The van der Waals surface area contributed by atoms with Gasteiger partial charge in [-0.3, -0.25) is 4.98 Å². The summed E-state index contributed by atoms with van der Waals surface area (Å²) in [5.41, 5.74) is 7.40. The molecule has 0 aliphatic rings. The molecule has 0 aliphatic carbocycles. The highest BCUT2D eigenvalue weighted by molar-refractivity contribution is 5.91. The van der Waals surface area contributed by atoms with Gasteiger partial charge in [0, 0.05) is 29.0 Å². The van der Waals surface area contributed by atoms with Crippen molar-refractivity contribution in [3.05, 3.63) is 77.1 Å². The van der Waals surface area contributed by atoms with E-state index in [9.17, 15) is 0 Å². The normalized spacial score (nSPS) is 10.9. The lowest BCUT2D eigenvalue weighted by Crippen LogP contribution is -2.04. The van der Waals surface area contributed by atoms with E-state index in [0.29, 0.717) is 5.95 Å². The minimum Gasteiger partial charge on any atom is -0.340 e. The molecule has 5 nitrogen and oxygen atoms in total. The molecule has 0 fully saturated rings. The van der Waals surface area contributed by atoms with Crippen LogP contribution >= 0.6 is 0 Å². The number of fused-ring (bicyclic) bond motifs is 1. The van der Waals surface area contributed by atoms with Gasteiger partial charge in [0.2, 0.25) is 5.95 Å². The summed E-state index contributed by atoms with van der Waals surface area (Å²) in [6, 6.07) is 16.3. The van der Waals surface area contributed by atoms with E-state index in [1.807, 2.05) is 43.3 Å². The number of pyridine rings is 1. The van der Waals surface area contributed by atoms with Crippen LogP contribution in [0, 0.1) is 27.7 Å². The molecule has 5 heteroatoms. The molecule has 0 radical (unpaired) electrons. The number of aromatic nitrogens is 3. The van der Waals surface area contributed by atoms with Crippen LogP contribution in [0.25, 0.3) is 10.9 Å². The Bertz CT molecular complexity index is 1140. The fourth-order valence-corrected chi connectivity index (χ4v) is 3.52. The zero-order valence-electron chi connectivity index (χ0n) is 16.5. The summed E-state index contributed by atoms with van der Waals surface area (Å²) in [4.78, 5) is 13.7. The van der Waals surface area contributed by atoms with Crippen molar-refractivity contribution < 1.29 is 0 Å². The van der Waals surface area contributed by atoms with Crippen molar-refractivity contribution in [1.29, 1.82) is 0 Å². The Morgan fingerprint density at radius 2 is 1.54 bits per heavy atom. The predicted octanol–water partition coefficient (Wildman–Crippen LogP) is 5.75. The molecule has 0 atom stereocenters. The van der Waals surface area contributed by atoms with Crippen LogP contribution in [-0.2, 0) is 0 Å². The first-order valence-corrected chi connectivity index (χ1v) is 9.31.